The van der Waals surface area contributed by atoms with E-state index in [9.17, 15) is 4.79 Å². The Kier molecular flexibility index (Phi) is 4.34. The summed E-state index contributed by atoms with van der Waals surface area (Å²) in [6.45, 7) is 3.55. The Bertz CT molecular complexity index is 561. The van der Waals surface area contributed by atoms with Crippen LogP contribution in [0.5, 0.6) is 11.5 Å². The first kappa shape index (κ1) is 12.9. The second kappa shape index (κ2) is 6.40. The number of ether oxygens (including phenoxy) is 2. The third-order valence-electron chi connectivity index (χ3n) is 2.43. The maximum atomic E-state index is 11.0. The second-order valence-corrected chi connectivity index (χ2v) is 3.87. The van der Waals surface area contributed by atoms with Crippen LogP contribution in [0.2, 0.25) is 0 Å². The summed E-state index contributed by atoms with van der Waals surface area (Å²) in [6, 6.07) is 16.9. The highest BCUT2D eigenvalue weighted by Crippen LogP contribution is 2.22. The van der Waals surface area contributed by atoms with E-state index in [0.717, 1.165) is 17.4 Å². The van der Waals surface area contributed by atoms with Crippen LogP contribution in [0.1, 0.15) is 5.56 Å². The Balaban J connectivity index is 2.03. The predicted octanol–water partition coefficient (Wildman–Crippen LogP) is 3.71. The molecule has 19 heavy (non-hydrogen) atoms. The van der Waals surface area contributed by atoms with E-state index in [4.69, 9.17) is 9.47 Å². The smallest absolute Gasteiger partial charge is 0.330 e. The first-order valence-corrected chi connectivity index (χ1v) is 5.89. The molecule has 0 fully saturated rings. The minimum atomic E-state index is -0.436. The van der Waals surface area contributed by atoms with Crippen molar-refractivity contribution in [3.05, 3.63) is 72.8 Å². The van der Waals surface area contributed by atoms with Crippen LogP contribution in [0.4, 0.5) is 0 Å². The Morgan fingerprint density at radius 1 is 1.05 bits per heavy atom. The number of rotatable bonds is 5. The Morgan fingerprint density at radius 3 is 2.53 bits per heavy atom. The molecule has 3 nitrogen and oxygen atoms in total. The molecule has 0 saturated carbocycles. The lowest BCUT2D eigenvalue weighted by molar-refractivity contribution is -0.138. The van der Waals surface area contributed by atoms with E-state index in [1.54, 1.807) is 0 Å². The van der Waals surface area contributed by atoms with Crippen molar-refractivity contribution in [1.29, 1.82) is 0 Å². The number of para-hydroxylation sites is 1. The lowest BCUT2D eigenvalue weighted by Crippen LogP contribution is -2.00. The maximum absolute atomic E-state index is 11.0. The minimum absolute atomic E-state index is 0.205. The fourth-order valence-electron chi connectivity index (χ4n) is 1.54. The monoisotopic (exact) mass is 254 g/mol. The van der Waals surface area contributed by atoms with Crippen molar-refractivity contribution in [3.63, 3.8) is 0 Å². The molecule has 0 spiro atoms. The van der Waals surface area contributed by atoms with E-state index in [2.05, 4.69) is 6.58 Å². The van der Waals surface area contributed by atoms with Gasteiger partial charge in [-0.3, -0.25) is 0 Å². The van der Waals surface area contributed by atoms with Crippen molar-refractivity contribution < 1.29 is 14.3 Å². The maximum Gasteiger partial charge on any atom is 0.330 e. The molecule has 0 radical (unpaired) electrons. The zero-order valence-electron chi connectivity index (χ0n) is 10.4. The number of carbonyl (C=O) groups is 1. The standard InChI is InChI=1S/C16H14O3/c1-2-16(17)18-12-13-7-6-10-15(11-13)19-14-8-4-3-5-9-14/h2-11H,1,12H2. The molecule has 0 unspecified atom stereocenters. The molecule has 0 bridgehead atoms. The summed E-state index contributed by atoms with van der Waals surface area (Å²) in [6.07, 6.45) is 1.14. The third kappa shape index (κ3) is 4.00. The van der Waals surface area contributed by atoms with E-state index in [-0.39, 0.29) is 6.61 Å². The highest BCUT2D eigenvalue weighted by molar-refractivity contribution is 5.81. The van der Waals surface area contributed by atoms with Gasteiger partial charge in [-0.1, -0.05) is 36.9 Å². The number of hydrogen-bond donors (Lipinski definition) is 0. The molecular weight excluding hydrogens is 240 g/mol. The summed E-state index contributed by atoms with van der Waals surface area (Å²) in [5, 5.41) is 0. The fraction of sp³-hybridized carbons (Fsp3) is 0.0625. The first-order chi connectivity index (χ1) is 9.28. The molecule has 96 valence electrons. The van der Waals surface area contributed by atoms with Crippen molar-refractivity contribution in [3.8, 4) is 11.5 Å². The van der Waals surface area contributed by atoms with Gasteiger partial charge in [-0.2, -0.15) is 0 Å². The van der Waals surface area contributed by atoms with E-state index >= 15 is 0 Å². The molecule has 0 N–H and O–H groups in total. The van der Waals surface area contributed by atoms with Gasteiger partial charge in [0.2, 0.25) is 0 Å². The van der Waals surface area contributed by atoms with Crippen LogP contribution >= 0.6 is 0 Å². The van der Waals surface area contributed by atoms with Gasteiger partial charge in [0.1, 0.15) is 18.1 Å². The average Bonchev–Trinajstić information content (AvgIpc) is 2.46. The summed E-state index contributed by atoms with van der Waals surface area (Å²) in [4.78, 5) is 11.0. The summed E-state index contributed by atoms with van der Waals surface area (Å²) in [5.74, 6) is 1.04. The lowest BCUT2D eigenvalue weighted by Gasteiger charge is -2.07. The van der Waals surface area contributed by atoms with Crippen LogP contribution in [-0.4, -0.2) is 5.97 Å². The summed E-state index contributed by atoms with van der Waals surface area (Å²) >= 11 is 0. The third-order valence-corrected chi connectivity index (χ3v) is 2.43. The van der Waals surface area contributed by atoms with Crippen LogP contribution < -0.4 is 4.74 Å². The molecule has 0 aliphatic rings. The molecular formula is C16H14O3. The number of esters is 1. The van der Waals surface area contributed by atoms with Gasteiger partial charge in [-0.25, -0.2) is 4.79 Å². The van der Waals surface area contributed by atoms with Crippen molar-refractivity contribution in [2.45, 2.75) is 6.61 Å². The molecule has 0 atom stereocenters. The normalized spacial score (nSPS) is 9.68. The minimum Gasteiger partial charge on any atom is -0.458 e. The quantitative estimate of drug-likeness (QED) is 0.602. The van der Waals surface area contributed by atoms with E-state index in [0.29, 0.717) is 5.75 Å². The molecule has 2 rings (SSSR count). The van der Waals surface area contributed by atoms with Gasteiger partial charge in [0.15, 0.2) is 0 Å². The SMILES string of the molecule is C=CC(=O)OCc1cccc(Oc2ccccc2)c1. The summed E-state index contributed by atoms with van der Waals surface area (Å²) in [7, 11) is 0. The topological polar surface area (TPSA) is 35.5 Å². The van der Waals surface area contributed by atoms with Crippen molar-refractivity contribution >= 4 is 5.97 Å². The van der Waals surface area contributed by atoms with Crippen LogP contribution in [0.25, 0.3) is 0 Å². The second-order valence-electron chi connectivity index (χ2n) is 3.87. The van der Waals surface area contributed by atoms with Gasteiger partial charge in [0.05, 0.1) is 0 Å². The fourth-order valence-corrected chi connectivity index (χ4v) is 1.54. The molecule has 0 saturated heterocycles. The van der Waals surface area contributed by atoms with E-state index < -0.39 is 5.97 Å². The van der Waals surface area contributed by atoms with Crippen LogP contribution in [0, 0.1) is 0 Å². The zero-order chi connectivity index (χ0) is 13.5. The molecule has 2 aromatic carbocycles. The number of hydrogen-bond acceptors (Lipinski definition) is 3. The number of benzene rings is 2. The largest absolute Gasteiger partial charge is 0.458 e. The highest BCUT2D eigenvalue weighted by Gasteiger charge is 2.01. The van der Waals surface area contributed by atoms with Gasteiger partial charge in [-0.05, 0) is 29.8 Å². The molecule has 0 aliphatic carbocycles. The number of carbonyl (C=O) groups excluding carboxylic acids is 1. The molecule has 0 aromatic heterocycles. The van der Waals surface area contributed by atoms with E-state index in [1.165, 1.54) is 0 Å². The highest BCUT2D eigenvalue weighted by atomic mass is 16.5. The molecule has 2 aromatic rings. The van der Waals surface area contributed by atoms with Crippen LogP contribution in [0.3, 0.4) is 0 Å². The molecule has 0 heterocycles. The Labute approximate surface area is 112 Å². The van der Waals surface area contributed by atoms with Crippen molar-refractivity contribution in [2.24, 2.45) is 0 Å². The zero-order valence-corrected chi connectivity index (χ0v) is 10.4. The van der Waals surface area contributed by atoms with Gasteiger partial charge in [0.25, 0.3) is 0 Å². The predicted molar refractivity (Wildman–Crippen MR) is 73.0 cm³/mol. The Morgan fingerprint density at radius 2 is 1.79 bits per heavy atom. The van der Waals surface area contributed by atoms with Crippen LogP contribution in [-0.2, 0) is 16.1 Å². The summed E-state index contributed by atoms with van der Waals surface area (Å²) < 4.78 is 10.7. The van der Waals surface area contributed by atoms with Gasteiger partial charge in [-0.15, -0.1) is 0 Å². The van der Waals surface area contributed by atoms with E-state index in [1.807, 2.05) is 54.6 Å². The van der Waals surface area contributed by atoms with Crippen molar-refractivity contribution in [1.82, 2.24) is 0 Å². The van der Waals surface area contributed by atoms with Gasteiger partial charge >= 0.3 is 5.97 Å². The molecule has 0 amide bonds. The summed E-state index contributed by atoms with van der Waals surface area (Å²) in [5.41, 5.74) is 0.864. The Hall–Kier alpha value is -2.55. The molecule has 3 heteroatoms. The first-order valence-electron chi connectivity index (χ1n) is 5.89. The molecule has 0 aliphatic heterocycles. The average molecular weight is 254 g/mol. The van der Waals surface area contributed by atoms with Gasteiger partial charge in [0, 0.05) is 6.08 Å². The lowest BCUT2D eigenvalue weighted by atomic mass is 10.2. The van der Waals surface area contributed by atoms with Gasteiger partial charge < -0.3 is 9.47 Å². The van der Waals surface area contributed by atoms with Crippen molar-refractivity contribution in [2.75, 3.05) is 0 Å². The van der Waals surface area contributed by atoms with Crippen LogP contribution in [0.15, 0.2) is 67.3 Å².